The Morgan fingerprint density at radius 2 is 1.92 bits per heavy atom. The summed E-state index contributed by atoms with van der Waals surface area (Å²) in [6, 6.07) is 5.24. The Labute approximate surface area is 117 Å². The van der Waals surface area contributed by atoms with Crippen LogP contribution in [0.1, 0.15) is 11.1 Å². The zero-order valence-corrected chi connectivity index (χ0v) is 11.4. The molecule has 1 atom stereocenters. The molecule has 0 bridgehead atoms. The van der Waals surface area contributed by atoms with Gasteiger partial charge in [-0.05, 0) is 42.1 Å². The molecule has 4 heteroatoms. The maximum Gasteiger partial charge on any atom is 1.00 e. The van der Waals surface area contributed by atoms with E-state index in [0.717, 1.165) is 11.1 Å². The monoisotopic (exact) mass is 208 g/mol. The minimum Gasteiger partial charge on any atom is -0.768 e. The Hall–Kier alpha value is 0.966. The summed E-state index contributed by atoms with van der Waals surface area (Å²) < 4.78 is 21.1. The molecule has 1 aromatic carbocycles. The molecule has 12 heavy (non-hydrogen) atoms. The first-order valence-electron chi connectivity index (χ1n) is 3.28. The molecule has 1 aromatic rings. The van der Waals surface area contributed by atoms with E-state index in [9.17, 15) is 8.76 Å². The molecule has 0 aliphatic heterocycles. The minimum absolute atomic E-state index is 0. The van der Waals surface area contributed by atoms with E-state index in [2.05, 4.69) is 0 Å². The molecule has 0 spiro atoms. The summed E-state index contributed by atoms with van der Waals surface area (Å²) in [7, 11) is 0. The van der Waals surface area contributed by atoms with Crippen molar-refractivity contribution in [2.45, 2.75) is 18.7 Å². The molecule has 0 fully saturated rings. The van der Waals surface area contributed by atoms with Gasteiger partial charge in [-0.2, -0.15) is 0 Å². The Bertz CT molecular complexity index is 299. The molecule has 1 unspecified atom stereocenters. The normalized spacial score (nSPS) is 11.9. The van der Waals surface area contributed by atoms with Gasteiger partial charge in [-0.25, -0.2) is 0 Å². The van der Waals surface area contributed by atoms with E-state index in [4.69, 9.17) is 0 Å². The van der Waals surface area contributed by atoms with E-state index >= 15 is 0 Å². The second-order valence-electron chi connectivity index (χ2n) is 2.43. The third-order valence-corrected chi connectivity index (χ3v) is 2.54. The molecular formula is C8H9KO2S. The van der Waals surface area contributed by atoms with Crippen LogP contribution < -0.4 is 51.4 Å². The third kappa shape index (κ3) is 3.03. The van der Waals surface area contributed by atoms with Crippen LogP contribution in [0.15, 0.2) is 23.1 Å². The number of hydrogen-bond acceptors (Lipinski definition) is 2. The number of benzene rings is 1. The van der Waals surface area contributed by atoms with Crippen LogP contribution in [-0.2, 0) is 11.1 Å². The van der Waals surface area contributed by atoms with E-state index in [1.54, 1.807) is 19.1 Å². The van der Waals surface area contributed by atoms with Gasteiger partial charge in [0.2, 0.25) is 0 Å². The minimum atomic E-state index is -2.10. The van der Waals surface area contributed by atoms with Crippen molar-refractivity contribution in [2.75, 3.05) is 0 Å². The van der Waals surface area contributed by atoms with E-state index in [1.807, 2.05) is 13.0 Å². The van der Waals surface area contributed by atoms with Gasteiger partial charge in [0, 0.05) is 4.90 Å². The fourth-order valence-electron chi connectivity index (χ4n) is 0.905. The predicted molar refractivity (Wildman–Crippen MR) is 43.1 cm³/mol. The predicted octanol–water partition coefficient (Wildman–Crippen LogP) is -1.45. The van der Waals surface area contributed by atoms with Gasteiger partial charge in [0.05, 0.1) is 0 Å². The number of rotatable bonds is 1. The van der Waals surface area contributed by atoms with Crippen molar-refractivity contribution >= 4 is 11.1 Å². The van der Waals surface area contributed by atoms with Crippen molar-refractivity contribution in [3.63, 3.8) is 0 Å². The molecular weight excluding hydrogens is 199 g/mol. The summed E-state index contributed by atoms with van der Waals surface area (Å²) in [5.41, 5.74) is 1.84. The van der Waals surface area contributed by atoms with Gasteiger partial charge in [-0.1, -0.05) is 12.1 Å². The van der Waals surface area contributed by atoms with Gasteiger partial charge in [0.25, 0.3) is 0 Å². The second-order valence-corrected chi connectivity index (χ2v) is 3.34. The summed E-state index contributed by atoms with van der Waals surface area (Å²) in [6.45, 7) is 3.70. The van der Waals surface area contributed by atoms with Crippen molar-refractivity contribution in [1.29, 1.82) is 0 Å². The second kappa shape index (κ2) is 5.65. The Morgan fingerprint density at radius 3 is 2.33 bits per heavy atom. The van der Waals surface area contributed by atoms with Gasteiger partial charge in [0.15, 0.2) is 0 Å². The van der Waals surface area contributed by atoms with Gasteiger partial charge in [-0.3, -0.25) is 4.21 Å². The molecule has 1 rings (SSSR count). The van der Waals surface area contributed by atoms with Crippen LogP contribution in [0.2, 0.25) is 0 Å². The average Bonchev–Trinajstić information content (AvgIpc) is 1.94. The van der Waals surface area contributed by atoms with Crippen LogP contribution in [0.3, 0.4) is 0 Å². The first-order chi connectivity index (χ1) is 5.13. The SMILES string of the molecule is Cc1cccc(S(=O)[O-])c1C.[K+]. The zero-order valence-electron chi connectivity index (χ0n) is 7.46. The third-order valence-electron chi connectivity index (χ3n) is 1.73. The molecule has 60 valence electrons. The smallest absolute Gasteiger partial charge is 0.768 e. The number of aryl methyl sites for hydroxylation is 1. The van der Waals surface area contributed by atoms with Crippen LogP contribution in [0.5, 0.6) is 0 Å². The molecule has 0 N–H and O–H groups in total. The summed E-state index contributed by atoms with van der Waals surface area (Å²) >= 11 is -2.10. The maximum atomic E-state index is 10.6. The van der Waals surface area contributed by atoms with E-state index in [1.165, 1.54) is 0 Å². The maximum absolute atomic E-state index is 10.6. The Morgan fingerprint density at radius 1 is 1.33 bits per heavy atom. The summed E-state index contributed by atoms with van der Waals surface area (Å²) in [4.78, 5) is 0.394. The van der Waals surface area contributed by atoms with E-state index in [-0.39, 0.29) is 51.4 Å². The topological polar surface area (TPSA) is 40.1 Å². The van der Waals surface area contributed by atoms with Crippen LogP contribution in [0.25, 0.3) is 0 Å². The molecule has 0 aliphatic carbocycles. The van der Waals surface area contributed by atoms with Crippen LogP contribution in [0.4, 0.5) is 0 Å². The summed E-state index contributed by atoms with van der Waals surface area (Å²) in [5.74, 6) is 0. The summed E-state index contributed by atoms with van der Waals surface area (Å²) in [6.07, 6.45) is 0. The quantitative estimate of drug-likeness (QED) is 0.418. The molecule has 0 aromatic heterocycles. The standard InChI is InChI=1S/C8H10O2S.K/c1-6-4-3-5-8(7(6)2)11(9)10;/h3-5H,1-2H3,(H,9,10);/q;+1/p-1. The molecule has 0 aliphatic rings. The van der Waals surface area contributed by atoms with Gasteiger partial charge in [-0.15, -0.1) is 0 Å². The fourth-order valence-corrected chi connectivity index (χ4v) is 1.51. The van der Waals surface area contributed by atoms with Crippen molar-refractivity contribution in [3.05, 3.63) is 29.3 Å². The largest absolute Gasteiger partial charge is 1.00 e. The van der Waals surface area contributed by atoms with Crippen LogP contribution in [0, 0.1) is 13.8 Å². The Kier molecular flexibility index (Phi) is 6.10. The molecule has 0 amide bonds. The molecule has 0 saturated carbocycles. The van der Waals surface area contributed by atoms with Crippen molar-refractivity contribution < 1.29 is 60.1 Å². The van der Waals surface area contributed by atoms with Crippen molar-refractivity contribution in [2.24, 2.45) is 0 Å². The fraction of sp³-hybridized carbons (Fsp3) is 0.250. The van der Waals surface area contributed by atoms with Crippen LogP contribution in [-0.4, -0.2) is 8.76 Å². The van der Waals surface area contributed by atoms with E-state index < -0.39 is 11.1 Å². The molecule has 2 nitrogen and oxygen atoms in total. The average molecular weight is 208 g/mol. The first-order valence-corrected chi connectivity index (χ1v) is 4.36. The van der Waals surface area contributed by atoms with Gasteiger partial charge < -0.3 is 4.55 Å². The Balaban J connectivity index is 0.00000121. The van der Waals surface area contributed by atoms with Crippen molar-refractivity contribution in [1.82, 2.24) is 0 Å². The molecule has 0 radical (unpaired) electrons. The molecule has 0 saturated heterocycles. The van der Waals surface area contributed by atoms with Crippen LogP contribution >= 0.6 is 0 Å². The van der Waals surface area contributed by atoms with E-state index in [0.29, 0.717) is 4.90 Å². The number of hydrogen-bond donors (Lipinski definition) is 0. The van der Waals surface area contributed by atoms with Gasteiger partial charge in [0.1, 0.15) is 0 Å². The van der Waals surface area contributed by atoms with Crippen molar-refractivity contribution in [3.8, 4) is 0 Å². The van der Waals surface area contributed by atoms with Gasteiger partial charge >= 0.3 is 51.4 Å². The zero-order chi connectivity index (χ0) is 8.43. The molecule has 0 heterocycles. The summed E-state index contributed by atoms with van der Waals surface area (Å²) in [5, 5.41) is 0. The first kappa shape index (κ1) is 13.0.